The highest BCUT2D eigenvalue weighted by Crippen LogP contribution is 2.09. The molecule has 0 N–H and O–H groups in total. The van der Waals surface area contributed by atoms with E-state index in [2.05, 4.69) is 9.97 Å². The van der Waals surface area contributed by atoms with Crippen molar-refractivity contribution in [2.75, 3.05) is 6.61 Å². The minimum Gasteiger partial charge on any atom is -0.460 e. The summed E-state index contributed by atoms with van der Waals surface area (Å²) in [6.45, 7) is 2.85. The minimum absolute atomic E-state index is 0.0307. The van der Waals surface area contributed by atoms with E-state index >= 15 is 0 Å². The average Bonchev–Trinajstić information content (AvgIpc) is 2.02. The summed E-state index contributed by atoms with van der Waals surface area (Å²) < 4.78 is 17.9. The Hall–Kier alpha value is -1.19. The van der Waals surface area contributed by atoms with Crippen molar-refractivity contribution in [3.05, 3.63) is 18.5 Å². The van der Waals surface area contributed by atoms with Gasteiger partial charge in [-0.3, -0.25) is 0 Å². The standard InChI is InChI=1S/C8H11FN2O/c1-8(2,9)6-12-7-10-4-3-5-11-7/h3-5H,6H2,1-2H3. The Labute approximate surface area is 70.6 Å². The molecule has 0 amide bonds. The highest BCUT2D eigenvalue weighted by atomic mass is 19.1. The first-order chi connectivity index (χ1) is 5.58. The predicted molar refractivity (Wildman–Crippen MR) is 42.7 cm³/mol. The molecule has 4 heteroatoms. The maximum Gasteiger partial charge on any atom is 0.316 e. The van der Waals surface area contributed by atoms with Gasteiger partial charge >= 0.3 is 6.01 Å². The molecule has 12 heavy (non-hydrogen) atoms. The van der Waals surface area contributed by atoms with E-state index in [1.54, 1.807) is 18.5 Å². The SMILES string of the molecule is CC(C)(F)COc1ncccn1. The first-order valence-electron chi connectivity index (χ1n) is 3.67. The fraction of sp³-hybridized carbons (Fsp3) is 0.500. The summed E-state index contributed by atoms with van der Waals surface area (Å²) in [5, 5.41) is 0. The number of rotatable bonds is 3. The van der Waals surface area contributed by atoms with Crippen molar-refractivity contribution in [2.24, 2.45) is 0 Å². The van der Waals surface area contributed by atoms with Crippen LogP contribution in [0.1, 0.15) is 13.8 Å². The molecule has 0 bridgehead atoms. The summed E-state index contributed by atoms with van der Waals surface area (Å²) in [5.74, 6) is 0. The number of hydrogen-bond acceptors (Lipinski definition) is 3. The summed E-state index contributed by atoms with van der Waals surface area (Å²) >= 11 is 0. The molecule has 0 spiro atoms. The normalized spacial score (nSPS) is 11.2. The van der Waals surface area contributed by atoms with Crippen LogP contribution in [0.15, 0.2) is 18.5 Å². The van der Waals surface area contributed by atoms with E-state index in [-0.39, 0.29) is 12.6 Å². The van der Waals surface area contributed by atoms with E-state index < -0.39 is 5.67 Å². The van der Waals surface area contributed by atoms with Gasteiger partial charge in [-0.2, -0.15) is 0 Å². The van der Waals surface area contributed by atoms with Crippen LogP contribution in [-0.2, 0) is 0 Å². The molecule has 1 aromatic rings. The van der Waals surface area contributed by atoms with Crippen LogP contribution >= 0.6 is 0 Å². The van der Waals surface area contributed by atoms with Crippen molar-refractivity contribution in [1.29, 1.82) is 0 Å². The summed E-state index contributed by atoms with van der Waals surface area (Å²) in [6, 6.07) is 1.89. The van der Waals surface area contributed by atoms with Crippen LogP contribution in [0.5, 0.6) is 6.01 Å². The molecule has 1 heterocycles. The van der Waals surface area contributed by atoms with Gasteiger partial charge in [0.15, 0.2) is 0 Å². The third-order valence-corrected chi connectivity index (χ3v) is 1.09. The second-order valence-corrected chi connectivity index (χ2v) is 3.04. The Balaban J connectivity index is 2.44. The fourth-order valence-corrected chi connectivity index (χ4v) is 0.596. The largest absolute Gasteiger partial charge is 0.460 e. The Kier molecular flexibility index (Phi) is 2.58. The summed E-state index contributed by atoms with van der Waals surface area (Å²) in [4.78, 5) is 7.56. The van der Waals surface area contributed by atoms with Gasteiger partial charge in [0.1, 0.15) is 12.3 Å². The van der Waals surface area contributed by atoms with Crippen LogP contribution in [0.25, 0.3) is 0 Å². The molecule has 0 aliphatic heterocycles. The molecule has 0 atom stereocenters. The Morgan fingerprint density at radius 1 is 1.42 bits per heavy atom. The molecule has 0 radical (unpaired) electrons. The van der Waals surface area contributed by atoms with Gasteiger partial charge in [-0.05, 0) is 19.9 Å². The van der Waals surface area contributed by atoms with Crippen LogP contribution < -0.4 is 4.74 Å². The Bertz CT molecular complexity index is 233. The molecule has 0 saturated heterocycles. The zero-order valence-corrected chi connectivity index (χ0v) is 7.12. The third kappa shape index (κ3) is 3.27. The van der Waals surface area contributed by atoms with E-state index in [1.807, 2.05) is 0 Å². The highest BCUT2D eigenvalue weighted by Gasteiger charge is 2.16. The lowest BCUT2D eigenvalue weighted by Gasteiger charge is -2.13. The van der Waals surface area contributed by atoms with Gasteiger partial charge in [-0.15, -0.1) is 0 Å². The number of ether oxygens (including phenoxy) is 1. The number of halogens is 1. The van der Waals surface area contributed by atoms with Crippen molar-refractivity contribution in [1.82, 2.24) is 9.97 Å². The lowest BCUT2D eigenvalue weighted by atomic mass is 10.2. The Morgan fingerprint density at radius 3 is 2.50 bits per heavy atom. The molecule has 0 fully saturated rings. The maximum atomic E-state index is 12.9. The second kappa shape index (κ2) is 3.47. The smallest absolute Gasteiger partial charge is 0.316 e. The molecule has 1 rings (SSSR count). The van der Waals surface area contributed by atoms with Crippen molar-refractivity contribution in [3.63, 3.8) is 0 Å². The lowest BCUT2D eigenvalue weighted by Crippen LogP contribution is -2.23. The molecular weight excluding hydrogens is 159 g/mol. The van der Waals surface area contributed by atoms with E-state index in [4.69, 9.17) is 4.74 Å². The van der Waals surface area contributed by atoms with E-state index in [0.717, 1.165) is 0 Å². The van der Waals surface area contributed by atoms with Gasteiger partial charge < -0.3 is 4.74 Å². The van der Waals surface area contributed by atoms with E-state index in [9.17, 15) is 4.39 Å². The third-order valence-electron chi connectivity index (χ3n) is 1.09. The van der Waals surface area contributed by atoms with Crippen molar-refractivity contribution >= 4 is 0 Å². The molecule has 3 nitrogen and oxygen atoms in total. The van der Waals surface area contributed by atoms with E-state index in [0.29, 0.717) is 0 Å². The summed E-state index contributed by atoms with van der Waals surface area (Å²) in [7, 11) is 0. The first kappa shape index (κ1) is 8.90. The lowest BCUT2D eigenvalue weighted by molar-refractivity contribution is 0.113. The van der Waals surface area contributed by atoms with Gasteiger partial charge in [0.05, 0.1) is 0 Å². The average molecular weight is 170 g/mol. The molecule has 66 valence electrons. The molecule has 0 aromatic carbocycles. The number of aromatic nitrogens is 2. The maximum absolute atomic E-state index is 12.9. The van der Waals surface area contributed by atoms with Gasteiger partial charge in [0.25, 0.3) is 0 Å². The van der Waals surface area contributed by atoms with Gasteiger partial charge in [0, 0.05) is 12.4 Å². The second-order valence-electron chi connectivity index (χ2n) is 3.04. The van der Waals surface area contributed by atoms with Crippen LogP contribution in [0, 0.1) is 0 Å². The van der Waals surface area contributed by atoms with Crippen LogP contribution in [0.2, 0.25) is 0 Å². The quantitative estimate of drug-likeness (QED) is 0.691. The van der Waals surface area contributed by atoms with Crippen LogP contribution in [-0.4, -0.2) is 22.2 Å². The fourth-order valence-electron chi connectivity index (χ4n) is 0.596. The first-order valence-corrected chi connectivity index (χ1v) is 3.67. The molecule has 1 aromatic heterocycles. The number of alkyl halides is 1. The van der Waals surface area contributed by atoms with Crippen molar-refractivity contribution in [2.45, 2.75) is 19.5 Å². The molecule has 0 unspecified atom stereocenters. The zero-order valence-electron chi connectivity index (χ0n) is 7.12. The molecule has 0 aliphatic rings. The Morgan fingerprint density at radius 2 is 2.00 bits per heavy atom. The predicted octanol–water partition coefficient (Wildman–Crippen LogP) is 1.60. The van der Waals surface area contributed by atoms with Crippen LogP contribution in [0.3, 0.4) is 0 Å². The monoisotopic (exact) mass is 170 g/mol. The topological polar surface area (TPSA) is 35.0 Å². The van der Waals surface area contributed by atoms with Gasteiger partial charge in [-0.25, -0.2) is 14.4 Å². The summed E-state index contributed by atoms with van der Waals surface area (Å²) in [6.07, 6.45) is 3.10. The molecule has 0 aliphatic carbocycles. The van der Waals surface area contributed by atoms with E-state index in [1.165, 1.54) is 13.8 Å². The zero-order chi connectivity index (χ0) is 9.03. The van der Waals surface area contributed by atoms with Crippen molar-refractivity contribution < 1.29 is 9.13 Å². The molecular formula is C8H11FN2O. The minimum atomic E-state index is -1.35. The number of nitrogens with zero attached hydrogens (tertiary/aromatic N) is 2. The van der Waals surface area contributed by atoms with Crippen molar-refractivity contribution in [3.8, 4) is 6.01 Å². The molecule has 0 saturated carbocycles. The highest BCUT2D eigenvalue weighted by molar-refractivity contribution is 4.93. The number of hydrogen-bond donors (Lipinski definition) is 0. The van der Waals surface area contributed by atoms with Gasteiger partial charge in [-0.1, -0.05) is 0 Å². The van der Waals surface area contributed by atoms with Crippen LogP contribution in [0.4, 0.5) is 4.39 Å². The summed E-state index contributed by atoms with van der Waals surface area (Å²) in [5.41, 5.74) is -1.35. The van der Waals surface area contributed by atoms with Gasteiger partial charge in [0.2, 0.25) is 0 Å².